The van der Waals surface area contributed by atoms with Crippen LogP contribution in [0.15, 0.2) is 18.2 Å². The Kier molecular flexibility index (Phi) is 4.37. The highest BCUT2D eigenvalue weighted by atomic mass is 19.1. The van der Waals surface area contributed by atoms with E-state index in [-0.39, 0.29) is 5.82 Å². The molecule has 0 saturated carbocycles. The number of anilines is 1. The van der Waals surface area contributed by atoms with Gasteiger partial charge in [0.15, 0.2) is 0 Å². The Morgan fingerprint density at radius 2 is 1.65 bits per heavy atom. The van der Waals surface area contributed by atoms with E-state index in [1.54, 1.807) is 6.07 Å². The molecule has 0 aliphatic carbocycles. The molecule has 0 unspecified atom stereocenters. The van der Waals surface area contributed by atoms with Gasteiger partial charge >= 0.3 is 0 Å². The van der Waals surface area contributed by atoms with Gasteiger partial charge in [-0.15, -0.1) is 0 Å². The maximum absolute atomic E-state index is 13.5. The number of hydrogen-bond donors (Lipinski definition) is 1. The summed E-state index contributed by atoms with van der Waals surface area (Å²) in [7, 11) is 0. The van der Waals surface area contributed by atoms with Crippen molar-refractivity contribution in [2.75, 3.05) is 18.0 Å². The Labute approximate surface area is 103 Å². The topological polar surface area (TPSA) is 29.3 Å². The molecule has 1 aromatic carbocycles. The molecule has 1 heterocycles. The quantitative estimate of drug-likeness (QED) is 0.855. The van der Waals surface area contributed by atoms with Crippen LogP contribution in [-0.2, 0) is 6.54 Å². The molecule has 0 bridgehead atoms. The fourth-order valence-electron chi connectivity index (χ4n) is 2.44. The van der Waals surface area contributed by atoms with Crippen LogP contribution in [0.3, 0.4) is 0 Å². The van der Waals surface area contributed by atoms with E-state index in [4.69, 9.17) is 5.73 Å². The maximum Gasteiger partial charge on any atom is 0.125 e. The van der Waals surface area contributed by atoms with Crippen LogP contribution in [0.4, 0.5) is 10.1 Å². The molecule has 94 valence electrons. The summed E-state index contributed by atoms with van der Waals surface area (Å²) in [4.78, 5) is 2.29. The predicted molar refractivity (Wildman–Crippen MR) is 69.6 cm³/mol. The lowest BCUT2D eigenvalue weighted by atomic mass is 10.1. The van der Waals surface area contributed by atoms with Crippen molar-refractivity contribution in [3.05, 3.63) is 29.6 Å². The molecule has 1 fully saturated rings. The summed E-state index contributed by atoms with van der Waals surface area (Å²) in [5, 5.41) is 0. The Balaban J connectivity index is 2.15. The molecule has 3 heteroatoms. The minimum Gasteiger partial charge on any atom is -0.371 e. The number of hydrogen-bond acceptors (Lipinski definition) is 2. The van der Waals surface area contributed by atoms with Crippen molar-refractivity contribution in [3.63, 3.8) is 0 Å². The first kappa shape index (κ1) is 12.4. The van der Waals surface area contributed by atoms with Crippen LogP contribution in [0, 0.1) is 5.82 Å². The highest BCUT2D eigenvalue weighted by Gasteiger charge is 2.10. The van der Waals surface area contributed by atoms with E-state index in [1.165, 1.54) is 38.2 Å². The van der Waals surface area contributed by atoms with Crippen molar-refractivity contribution < 1.29 is 4.39 Å². The van der Waals surface area contributed by atoms with Gasteiger partial charge in [0.1, 0.15) is 5.82 Å². The van der Waals surface area contributed by atoms with E-state index < -0.39 is 0 Å². The second-order valence-corrected chi connectivity index (χ2v) is 4.78. The van der Waals surface area contributed by atoms with E-state index in [0.717, 1.165) is 24.3 Å². The SMILES string of the molecule is NCc1cc(F)cc(N2CCCCCCC2)c1. The zero-order valence-electron chi connectivity index (χ0n) is 10.3. The average molecular weight is 236 g/mol. The van der Waals surface area contributed by atoms with Gasteiger partial charge in [0, 0.05) is 25.3 Å². The Morgan fingerprint density at radius 1 is 1.00 bits per heavy atom. The van der Waals surface area contributed by atoms with Gasteiger partial charge in [0.2, 0.25) is 0 Å². The Hall–Kier alpha value is -1.09. The van der Waals surface area contributed by atoms with Gasteiger partial charge in [-0.3, -0.25) is 0 Å². The van der Waals surface area contributed by atoms with E-state index in [2.05, 4.69) is 4.90 Å². The van der Waals surface area contributed by atoms with Gasteiger partial charge in [-0.1, -0.05) is 19.3 Å². The summed E-state index contributed by atoms with van der Waals surface area (Å²) in [6.07, 6.45) is 6.32. The van der Waals surface area contributed by atoms with Crippen LogP contribution in [0.25, 0.3) is 0 Å². The lowest BCUT2D eigenvalue weighted by Gasteiger charge is -2.27. The molecule has 0 aromatic heterocycles. The first-order chi connectivity index (χ1) is 8.29. The average Bonchev–Trinajstić information content (AvgIpc) is 2.27. The third kappa shape index (κ3) is 3.43. The summed E-state index contributed by atoms with van der Waals surface area (Å²) in [6.45, 7) is 2.47. The lowest BCUT2D eigenvalue weighted by molar-refractivity contribution is 0.554. The second kappa shape index (κ2) is 6.01. The predicted octanol–water partition coefficient (Wildman–Crippen LogP) is 3.05. The smallest absolute Gasteiger partial charge is 0.125 e. The molecule has 2 rings (SSSR count). The zero-order valence-corrected chi connectivity index (χ0v) is 10.3. The van der Waals surface area contributed by atoms with Crippen molar-refractivity contribution in [2.24, 2.45) is 5.73 Å². The maximum atomic E-state index is 13.5. The third-order valence-corrected chi connectivity index (χ3v) is 3.40. The fraction of sp³-hybridized carbons (Fsp3) is 0.571. The number of halogens is 1. The number of benzene rings is 1. The lowest BCUT2D eigenvalue weighted by Crippen LogP contribution is -2.27. The summed E-state index contributed by atoms with van der Waals surface area (Å²) < 4.78 is 13.5. The summed E-state index contributed by atoms with van der Waals surface area (Å²) in [5.41, 5.74) is 7.46. The van der Waals surface area contributed by atoms with Gasteiger partial charge in [-0.25, -0.2) is 4.39 Å². The third-order valence-electron chi connectivity index (χ3n) is 3.40. The standard InChI is InChI=1S/C14H21FN2/c15-13-8-12(11-16)9-14(10-13)17-6-4-2-1-3-5-7-17/h8-10H,1-7,11,16H2. The van der Waals surface area contributed by atoms with E-state index in [9.17, 15) is 4.39 Å². The molecule has 0 atom stereocenters. The highest BCUT2D eigenvalue weighted by Crippen LogP contribution is 2.21. The van der Waals surface area contributed by atoms with Crippen LogP contribution in [0.1, 0.15) is 37.7 Å². The molecule has 1 saturated heterocycles. The minimum atomic E-state index is -0.176. The Morgan fingerprint density at radius 3 is 2.29 bits per heavy atom. The van der Waals surface area contributed by atoms with Crippen LogP contribution in [-0.4, -0.2) is 13.1 Å². The van der Waals surface area contributed by atoms with Crippen molar-refractivity contribution in [1.82, 2.24) is 0 Å². The first-order valence-corrected chi connectivity index (χ1v) is 6.54. The highest BCUT2D eigenvalue weighted by molar-refractivity contribution is 5.49. The van der Waals surface area contributed by atoms with Gasteiger partial charge < -0.3 is 10.6 Å². The number of nitrogens with zero attached hydrogens (tertiary/aromatic N) is 1. The van der Waals surface area contributed by atoms with Crippen LogP contribution < -0.4 is 10.6 Å². The van der Waals surface area contributed by atoms with Gasteiger partial charge in [-0.05, 0) is 36.6 Å². The van der Waals surface area contributed by atoms with Crippen LogP contribution >= 0.6 is 0 Å². The molecular formula is C14H21FN2. The van der Waals surface area contributed by atoms with Gasteiger partial charge in [0.05, 0.1) is 0 Å². The fourth-order valence-corrected chi connectivity index (χ4v) is 2.44. The molecule has 1 aliphatic rings. The van der Waals surface area contributed by atoms with Crippen molar-refractivity contribution >= 4 is 5.69 Å². The number of nitrogens with two attached hydrogens (primary N) is 1. The minimum absolute atomic E-state index is 0.176. The first-order valence-electron chi connectivity index (χ1n) is 6.54. The van der Waals surface area contributed by atoms with E-state index in [0.29, 0.717) is 6.54 Å². The molecule has 0 spiro atoms. The number of rotatable bonds is 2. The monoisotopic (exact) mass is 236 g/mol. The van der Waals surface area contributed by atoms with Crippen molar-refractivity contribution in [2.45, 2.75) is 38.6 Å². The molecule has 1 aromatic rings. The van der Waals surface area contributed by atoms with E-state index in [1.807, 2.05) is 6.07 Å². The molecule has 0 amide bonds. The largest absolute Gasteiger partial charge is 0.371 e. The molecule has 2 N–H and O–H groups in total. The normalized spacial score (nSPS) is 17.6. The van der Waals surface area contributed by atoms with Gasteiger partial charge in [0.25, 0.3) is 0 Å². The zero-order chi connectivity index (χ0) is 12.1. The summed E-state index contributed by atoms with van der Waals surface area (Å²) in [5.74, 6) is -0.176. The molecule has 0 radical (unpaired) electrons. The van der Waals surface area contributed by atoms with Gasteiger partial charge in [-0.2, -0.15) is 0 Å². The Bertz CT molecular complexity index is 357. The summed E-state index contributed by atoms with van der Waals surface area (Å²) >= 11 is 0. The van der Waals surface area contributed by atoms with Crippen LogP contribution in [0.5, 0.6) is 0 Å². The van der Waals surface area contributed by atoms with Crippen LogP contribution in [0.2, 0.25) is 0 Å². The summed E-state index contributed by atoms with van der Waals surface area (Å²) in [6, 6.07) is 5.17. The second-order valence-electron chi connectivity index (χ2n) is 4.78. The molecule has 2 nitrogen and oxygen atoms in total. The van der Waals surface area contributed by atoms with E-state index >= 15 is 0 Å². The van der Waals surface area contributed by atoms with Crippen molar-refractivity contribution in [1.29, 1.82) is 0 Å². The molecular weight excluding hydrogens is 215 g/mol. The molecule has 17 heavy (non-hydrogen) atoms. The van der Waals surface area contributed by atoms with Crippen molar-refractivity contribution in [3.8, 4) is 0 Å². The molecule has 1 aliphatic heterocycles.